The molecule has 0 bridgehead atoms. The Bertz CT molecular complexity index is 1070. The van der Waals surface area contributed by atoms with E-state index in [9.17, 15) is 9.59 Å². The highest BCUT2D eigenvalue weighted by atomic mass is 16.5. The first-order chi connectivity index (χ1) is 16.7. The van der Waals surface area contributed by atoms with Gasteiger partial charge in [0.25, 0.3) is 0 Å². The lowest BCUT2D eigenvalue weighted by Gasteiger charge is -2.22. The summed E-state index contributed by atoms with van der Waals surface area (Å²) < 4.78 is 13.0. The van der Waals surface area contributed by atoms with Gasteiger partial charge in [0.15, 0.2) is 12.3 Å². The molecule has 1 saturated heterocycles. The van der Waals surface area contributed by atoms with Crippen LogP contribution in [0.2, 0.25) is 0 Å². The van der Waals surface area contributed by atoms with E-state index < -0.39 is 6.09 Å². The number of anilines is 1. The largest absolute Gasteiger partial charge is 0.436 e. The molecule has 1 aromatic carbocycles. The van der Waals surface area contributed by atoms with E-state index >= 15 is 0 Å². The Morgan fingerprint density at radius 1 is 1.26 bits per heavy atom. The van der Waals surface area contributed by atoms with E-state index in [-0.39, 0.29) is 42.7 Å². The molecule has 4 atom stereocenters. The second-order valence-electron chi connectivity index (χ2n) is 9.37. The maximum atomic E-state index is 12.3. The molecule has 0 spiro atoms. The van der Waals surface area contributed by atoms with Gasteiger partial charge in [0.05, 0.1) is 30.4 Å². The topological polar surface area (TPSA) is 107 Å². The van der Waals surface area contributed by atoms with Gasteiger partial charge in [-0.1, -0.05) is 30.2 Å². The summed E-state index contributed by atoms with van der Waals surface area (Å²) in [7, 11) is 0. The van der Waals surface area contributed by atoms with Crippen LogP contribution in [0, 0.1) is 24.7 Å². The van der Waals surface area contributed by atoms with Gasteiger partial charge in [-0.2, -0.15) is 0 Å². The highest BCUT2D eigenvalue weighted by molar-refractivity contribution is 5.84. The summed E-state index contributed by atoms with van der Waals surface area (Å²) in [6, 6.07) is 7.64. The van der Waals surface area contributed by atoms with Crippen LogP contribution in [0.25, 0.3) is 0 Å². The Kier molecular flexibility index (Phi) is 9.26. The third kappa shape index (κ3) is 8.11. The van der Waals surface area contributed by atoms with Gasteiger partial charge < -0.3 is 14.8 Å². The van der Waals surface area contributed by atoms with Crippen LogP contribution < -0.4 is 10.6 Å². The zero-order chi connectivity index (χ0) is 25.4. The lowest BCUT2D eigenvalue weighted by molar-refractivity contribution is -0.129. The standard InChI is InChI=1S/C26H35N5O4/c1-17(2)27-25(32)20(5)24-12-11-23(35-24)15-19(4)31-16-22(29-30-31)10-7-13-34-26(33)28-21-9-6-8-18(3)14-21/h6,8-9,14,16-17,19-20,23-24H,11-13,15H2,1-5H3,(H,27,32)(H,28,33)/t19-,20-,23+,24-/m1/s1. The van der Waals surface area contributed by atoms with Gasteiger partial charge in [-0.05, 0) is 70.6 Å². The fourth-order valence-electron chi connectivity index (χ4n) is 4.00. The van der Waals surface area contributed by atoms with E-state index in [1.807, 2.05) is 45.9 Å². The van der Waals surface area contributed by atoms with Crippen LogP contribution in [-0.2, 0) is 14.3 Å². The van der Waals surface area contributed by atoms with Crippen LogP contribution in [0.15, 0.2) is 30.5 Å². The molecule has 35 heavy (non-hydrogen) atoms. The molecular weight excluding hydrogens is 446 g/mol. The van der Waals surface area contributed by atoms with E-state index in [2.05, 4.69) is 39.7 Å². The number of nitrogens with one attached hydrogen (secondary N) is 2. The van der Waals surface area contributed by atoms with Gasteiger partial charge in [0.2, 0.25) is 5.91 Å². The number of aromatic nitrogens is 3. The van der Waals surface area contributed by atoms with Crippen molar-refractivity contribution < 1.29 is 19.1 Å². The van der Waals surface area contributed by atoms with Crippen LogP contribution in [0.5, 0.6) is 0 Å². The van der Waals surface area contributed by atoms with Gasteiger partial charge in [0, 0.05) is 11.7 Å². The van der Waals surface area contributed by atoms with Crippen molar-refractivity contribution in [3.63, 3.8) is 0 Å². The van der Waals surface area contributed by atoms with Crippen LogP contribution in [-0.4, -0.2) is 51.9 Å². The number of hydrogen-bond acceptors (Lipinski definition) is 6. The van der Waals surface area contributed by atoms with E-state index in [0.29, 0.717) is 11.4 Å². The Morgan fingerprint density at radius 2 is 2.06 bits per heavy atom. The van der Waals surface area contributed by atoms with Crippen molar-refractivity contribution in [2.45, 2.75) is 78.2 Å². The van der Waals surface area contributed by atoms with Crippen molar-refractivity contribution in [2.24, 2.45) is 5.92 Å². The third-order valence-electron chi connectivity index (χ3n) is 5.86. The minimum Gasteiger partial charge on any atom is -0.436 e. The first-order valence-electron chi connectivity index (χ1n) is 12.1. The minimum absolute atomic E-state index is 0.0369. The summed E-state index contributed by atoms with van der Waals surface area (Å²) >= 11 is 0. The summed E-state index contributed by atoms with van der Waals surface area (Å²) in [5, 5.41) is 13.9. The third-order valence-corrected chi connectivity index (χ3v) is 5.86. The number of aryl methyl sites for hydroxylation is 1. The number of ether oxygens (including phenoxy) is 2. The molecule has 188 valence electrons. The van der Waals surface area contributed by atoms with E-state index in [4.69, 9.17) is 9.47 Å². The van der Waals surface area contributed by atoms with Gasteiger partial charge in [-0.15, -0.1) is 5.10 Å². The lowest BCUT2D eigenvalue weighted by atomic mass is 10.00. The molecule has 9 heteroatoms. The predicted molar refractivity (Wildman–Crippen MR) is 133 cm³/mol. The normalized spacial score (nSPS) is 18.9. The van der Waals surface area contributed by atoms with Crippen molar-refractivity contribution in [3.05, 3.63) is 41.7 Å². The summed E-state index contributed by atoms with van der Waals surface area (Å²) in [6.45, 7) is 9.78. The molecule has 1 aromatic heterocycles. The number of carbonyl (C=O) groups excluding carboxylic acids is 2. The van der Waals surface area contributed by atoms with Gasteiger partial charge in [-0.25, -0.2) is 9.48 Å². The van der Waals surface area contributed by atoms with Crippen LogP contribution in [0.1, 0.15) is 64.3 Å². The first-order valence-corrected chi connectivity index (χ1v) is 12.1. The molecule has 0 saturated carbocycles. The summed E-state index contributed by atoms with van der Waals surface area (Å²) in [4.78, 5) is 24.2. The average molecular weight is 482 g/mol. The van der Waals surface area contributed by atoms with E-state index in [1.54, 1.807) is 16.9 Å². The van der Waals surface area contributed by atoms with Crippen molar-refractivity contribution in [1.82, 2.24) is 20.3 Å². The van der Waals surface area contributed by atoms with Crippen molar-refractivity contribution in [2.75, 3.05) is 11.9 Å². The smallest absolute Gasteiger partial charge is 0.412 e. The van der Waals surface area contributed by atoms with Crippen LogP contribution in [0.3, 0.4) is 0 Å². The summed E-state index contributed by atoms with van der Waals surface area (Å²) in [6.07, 6.45) is 3.78. The molecular formula is C26H35N5O4. The molecule has 1 fully saturated rings. The summed E-state index contributed by atoms with van der Waals surface area (Å²) in [5.74, 6) is 5.52. The Hall–Kier alpha value is -3.38. The number of benzene rings is 1. The van der Waals surface area contributed by atoms with Crippen LogP contribution >= 0.6 is 0 Å². The zero-order valence-corrected chi connectivity index (χ0v) is 21.1. The van der Waals surface area contributed by atoms with Crippen molar-refractivity contribution in [1.29, 1.82) is 0 Å². The van der Waals surface area contributed by atoms with E-state index in [0.717, 1.165) is 24.8 Å². The fourth-order valence-corrected chi connectivity index (χ4v) is 4.00. The highest BCUT2D eigenvalue weighted by Crippen LogP contribution is 2.30. The summed E-state index contributed by atoms with van der Waals surface area (Å²) in [5.41, 5.74) is 2.22. The SMILES string of the molecule is Cc1cccc(NC(=O)OCC#Cc2cn([C@H](C)C[C@@H]3CC[C@H]([C@@H](C)C(=O)NC(C)C)O3)nn2)c1. The van der Waals surface area contributed by atoms with Gasteiger partial charge in [0.1, 0.15) is 0 Å². The molecule has 9 nitrogen and oxygen atoms in total. The molecule has 2 N–H and O–H groups in total. The second-order valence-corrected chi connectivity index (χ2v) is 9.37. The molecule has 0 aliphatic carbocycles. The quantitative estimate of drug-likeness (QED) is 0.555. The lowest BCUT2D eigenvalue weighted by Crippen LogP contribution is -2.39. The van der Waals surface area contributed by atoms with Crippen molar-refractivity contribution >= 4 is 17.7 Å². The number of rotatable bonds is 8. The predicted octanol–water partition coefficient (Wildman–Crippen LogP) is 3.85. The second kappa shape index (κ2) is 12.4. The zero-order valence-electron chi connectivity index (χ0n) is 21.1. The Morgan fingerprint density at radius 3 is 2.80 bits per heavy atom. The first kappa shape index (κ1) is 26.2. The molecule has 2 aromatic rings. The number of amides is 2. The average Bonchev–Trinajstić information content (AvgIpc) is 3.45. The minimum atomic E-state index is -0.562. The molecule has 1 aliphatic rings. The van der Waals surface area contributed by atoms with Gasteiger partial charge in [-0.3, -0.25) is 10.1 Å². The van der Waals surface area contributed by atoms with Crippen LogP contribution in [0.4, 0.5) is 10.5 Å². The molecule has 2 heterocycles. The Labute approximate surface area is 206 Å². The maximum absolute atomic E-state index is 12.3. The monoisotopic (exact) mass is 481 g/mol. The number of nitrogens with zero attached hydrogens (tertiary/aromatic N) is 3. The van der Waals surface area contributed by atoms with E-state index in [1.165, 1.54) is 0 Å². The van der Waals surface area contributed by atoms with Gasteiger partial charge >= 0.3 is 6.09 Å². The maximum Gasteiger partial charge on any atom is 0.412 e. The fraction of sp³-hybridized carbons (Fsp3) is 0.538. The molecule has 1 aliphatic heterocycles. The molecule has 2 amide bonds. The molecule has 3 rings (SSSR count). The highest BCUT2D eigenvalue weighted by Gasteiger charge is 2.34. The molecule has 0 radical (unpaired) electrons. The Balaban J connectivity index is 1.42. The molecule has 0 unspecified atom stereocenters. The number of carbonyl (C=O) groups is 2. The van der Waals surface area contributed by atoms with Crippen molar-refractivity contribution in [3.8, 4) is 11.8 Å². The number of hydrogen-bond donors (Lipinski definition) is 2.